The second kappa shape index (κ2) is 5.42. The van der Waals surface area contributed by atoms with Crippen LogP contribution in [-0.4, -0.2) is 19.2 Å². The van der Waals surface area contributed by atoms with Gasteiger partial charge in [-0.05, 0) is 23.8 Å². The summed E-state index contributed by atoms with van der Waals surface area (Å²) in [6.45, 7) is 0. The fourth-order valence-electron chi connectivity index (χ4n) is 1.97. The maximum Gasteiger partial charge on any atom is 0.106 e. The molecule has 0 aliphatic carbocycles. The first-order valence-electron chi connectivity index (χ1n) is 5.79. The monoisotopic (exact) mass is 261 g/mol. The molecule has 94 valence electrons. The first-order chi connectivity index (χ1) is 8.59. The van der Waals surface area contributed by atoms with E-state index >= 15 is 0 Å². The highest BCUT2D eigenvalue weighted by Gasteiger charge is 2.15. The van der Waals surface area contributed by atoms with Crippen molar-refractivity contribution < 1.29 is 5.11 Å². The van der Waals surface area contributed by atoms with E-state index in [0.717, 1.165) is 16.8 Å². The molecule has 0 aliphatic rings. The van der Waals surface area contributed by atoms with E-state index in [1.54, 1.807) is 0 Å². The molecule has 1 atom stereocenters. The van der Waals surface area contributed by atoms with E-state index in [1.165, 1.54) is 0 Å². The van der Waals surface area contributed by atoms with Crippen molar-refractivity contribution in [1.29, 1.82) is 0 Å². The Labute approximate surface area is 112 Å². The molecule has 0 aliphatic heterocycles. The van der Waals surface area contributed by atoms with Crippen molar-refractivity contribution in [3.63, 3.8) is 0 Å². The maximum absolute atomic E-state index is 10.5. The summed E-state index contributed by atoms with van der Waals surface area (Å²) in [5, 5.41) is 11.1. The van der Waals surface area contributed by atoms with Crippen LogP contribution in [0.3, 0.4) is 0 Å². The number of hydrogen-bond acceptors (Lipinski definition) is 2. The Morgan fingerprint density at radius 3 is 2.33 bits per heavy atom. The molecule has 1 N–H and O–H groups in total. The van der Waals surface area contributed by atoms with E-state index in [4.69, 9.17) is 11.6 Å². The van der Waals surface area contributed by atoms with Crippen LogP contribution in [0.15, 0.2) is 48.5 Å². The van der Waals surface area contributed by atoms with Crippen LogP contribution in [0, 0.1) is 0 Å². The molecule has 18 heavy (non-hydrogen) atoms. The summed E-state index contributed by atoms with van der Waals surface area (Å²) in [4.78, 5) is 1.97. The summed E-state index contributed by atoms with van der Waals surface area (Å²) in [6.07, 6.45) is -0.665. The number of nitrogens with zero attached hydrogens (tertiary/aromatic N) is 1. The average molecular weight is 262 g/mol. The number of anilines is 1. The van der Waals surface area contributed by atoms with E-state index < -0.39 is 6.10 Å². The number of aliphatic hydroxyl groups is 1. The summed E-state index contributed by atoms with van der Waals surface area (Å²) in [5.74, 6) is 0. The van der Waals surface area contributed by atoms with Crippen molar-refractivity contribution in [2.45, 2.75) is 6.10 Å². The number of aliphatic hydroxyl groups excluding tert-OH is 1. The molecule has 0 aromatic heterocycles. The third-order valence-electron chi connectivity index (χ3n) is 2.88. The van der Waals surface area contributed by atoms with E-state index in [2.05, 4.69) is 0 Å². The molecule has 0 heterocycles. The standard InChI is InChI=1S/C15H16ClNO/c1-17(2)14-9-8-12(16)10-13(14)15(18)11-6-4-3-5-7-11/h3-10,15,18H,1-2H3/t15-/m1/s1. The van der Waals surface area contributed by atoms with Gasteiger partial charge in [0.2, 0.25) is 0 Å². The highest BCUT2D eigenvalue weighted by Crippen LogP contribution is 2.32. The Morgan fingerprint density at radius 2 is 1.72 bits per heavy atom. The molecule has 0 spiro atoms. The smallest absolute Gasteiger partial charge is 0.106 e. The van der Waals surface area contributed by atoms with Crippen LogP contribution in [0.25, 0.3) is 0 Å². The minimum absolute atomic E-state index is 0.630. The van der Waals surface area contributed by atoms with Crippen LogP contribution in [0.5, 0.6) is 0 Å². The normalized spacial score (nSPS) is 12.2. The molecule has 0 bridgehead atoms. The highest BCUT2D eigenvalue weighted by atomic mass is 35.5. The molecule has 0 unspecified atom stereocenters. The topological polar surface area (TPSA) is 23.5 Å². The Balaban J connectivity index is 2.47. The predicted molar refractivity (Wildman–Crippen MR) is 76.3 cm³/mol. The largest absolute Gasteiger partial charge is 0.384 e. The van der Waals surface area contributed by atoms with Gasteiger partial charge in [0.15, 0.2) is 0 Å². The molecule has 0 amide bonds. The van der Waals surface area contributed by atoms with Crippen molar-refractivity contribution in [2.75, 3.05) is 19.0 Å². The number of rotatable bonds is 3. The summed E-state index contributed by atoms with van der Waals surface area (Å²) < 4.78 is 0. The average Bonchev–Trinajstić information content (AvgIpc) is 2.38. The number of hydrogen-bond donors (Lipinski definition) is 1. The Bertz CT molecular complexity index is 525. The Hall–Kier alpha value is -1.51. The second-order valence-corrected chi connectivity index (χ2v) is 4.85. The van der Waals surface area contributed by atoms with Gasteiger partial charge in [-0.25, -0.2) is 0 Å². The fraction of sp³-hybridized carbons (Fsp3) is 0.200. The summed E-state index contributed by atoms with van der Waals surface area (Å²) >= 11 is 6.02. The third kappa shape index (κ3) is 2.66. The molecule has 0 saturated heterocycles. The lowest BCUT2D eigenvalue weighted by Gasteiger charge is -2.21. The lowest BCUT2D eigenvalue weighted by atomic mass is 9.99. The Morgan fingerprint density at radius 1 is 1.06 bits per heavy atom. The van der Waals surface area contributed by atoms with Crippen LogP contribution >= 0.6 is 11.6 Å². The van der Waals surface area contributed by atoms with Gasteiger partial charge in [0, 0.05) is 30.4 Å². The first kappa shape index (κ1) is 12.9. The summed E-state index contributed by atoms with van der Waals surface area (Å²) in [7, 11) is 3.90. The van der Waals surface area contributed by atoms with E-state index in [-0.39, 0.29) is 0 Å². The van der Waals surface area contributed by atoms with E-state index in [0.29, 0.717) is 5.02 Å². The second-order valence-electron chi connectivity index (χ2n) is 4.41. The number of halogens is 1. The van der Waals surface area contributed by atoms with E-state index in [1.807, 2.05) is 67.5 Å². The van der Waals surface area contributed by atoms with Crippen LogP contribution in [0.2, 0.25) is 5.02 Å². The zero-order valence-corrected chi connectivity index (χ0v) is 11.2. The lowest BCUT2D eigenvalue weighted by molar-refractivity contribution is 0.220. The molecular formula is C15H16ClNO. The maximum atomic E-state index is 10.5. The molecule has 3 heteroatoms. The van der Waals surface area contributed by atoms with Gasteiger partial charge in [0.25, 0.3) is 0 Å². The summed E-state index contributed by atoms with van der Waals surface area (Å²) in [5.41, 5.74) is 2.65. The van der Waals surface area contributed by atoms with Crippen molar-refractivity contribution in [2.24, 2.45) is 0 Å². The van der Waals surface area contributed by atoms with Gasteiger partial charge in [-0.3, -0.25) is 0 Å². The van der Waals surface area contributed by atoms with Crippen molar-refractivity contribution in [1.82, 2.24) is 0 Å². The van der Waals surface area contributed by atoms with Gasteiger partial charge in [-0.1, -0.05) is 41.9 Å². The molecule has 0 fully saturated rings. The van der Waals surface area contributed by atoms with Gasteiger partial charge < -0.3 is 10.0 Å². The molecule has 0 radical (unpaired) electrons. The molecule has 2 aromatic carbocycles. The fourth-order valence-corrected chi connectivity index (χ4v) is 2.15. The number of benzene rings is 2. The minimum atomic E-state index is -0.665. The molecular weight excluding hydrogens is 246 g/mol. The zero-order chi connectivity index (χ0) is 13.1. The Kier molecular flexibility index (Phi) is 3.90. The van der Waals surface area contributed by atoms with Gasteiger partial charge >= 0.3 is 0 Å². The van der Waals surface area contributed by atoms with Crippen molar-refractivity contribution in [3.05, 3.63) is 64.7 Å². The van der Waals surface area contributed by atoms with Gasteiger partial charge in [-0.2, -0.15) is 0 Å². The molecule has 2 nitrogen and oxygen atoms in total. The highest BCUT2D eigenvalue weighted by molar-refractivity contribution is 6.30. The van der Waals surface area contributed by atoms with Crippen LogP contribution in [0.4, 0.5) is 5.69 Å². The SMILES string of the molecule is CN(C)c1ccc(Cl)cc1[C@H](O)c1ccccc1. The van der Waals surface area contributed by atoms with Gasteiger partial charge in [-0.15, -0.1) is 0 Å². The van der Waals surface area contributed by atoms with Crippen LogP contribution in [-0.2, 0) is 0 Å². The van der Waals surface area contributed by atoms with Crippen molar-refractivity contribution >= 4 is 17.3 Å². The van der Waals surface area contributed by atoms with Gasteiger partial charge in [0.1, 0.15) is 6.10 Å². The first-order valence-corrected chi connectivity index (χ1v) is 6.17. The van der Waals surface area contributed by atoms with Crippen molar-refractivity contribution in [3.8, 4) is 0 Å². The zero-order valence-electron chi connectivity index (χ0n) is 10.5. The molecule has 0 saturated carbocycles. The van der Waals surface area contributed by atoms with Crippen LogP contribution in [0.1, 0.15) is 17.2 Å². The third-order valence-corrected chi connectivity index (χ3v) is 3.12. The van der Waals surface area contributed by atoms with Gasteiger partial charge in [0.05, 0.1) is 0 Å². The quantitative estimate of drug-likeness (QED) is 0.914. The predicted octanol–water partition coefficient (Wildman–Crippen LogP) is 3.49. The lowest BCUT2D eigenvalue weighted by Crippen LogP contribution is -2.13. The van der Waals surface area contributed by atoms with E-state index in [9.17, 15) is 5.11 Å². The summed E-state index contributed by atoms with van der Waals surface area (Å²) in [6, 6.07) is 15.1. The van der Waals surface area contributed by atoms with Crippen LogP contribution < -0.4 is 4.90 Å². The molecule has 2 aromatic rings. The minimum Gasteiger partial charge on any atom is -0.384 e. The molecule has 2 rings (SSSR count).